The van der Waals surface area contributed by atoms with Crippen molar-refractivity contribution in [1.82, 2.24) is 14.9 Å². The molecule has 1 aliphatic carbocycles. The van der Waals surface area contributed by atoms with Gasteiger partial charge in [0.2, 0.25) is 0 Å². The molecule has 0 aliphatic heterocycles. The average Bonchev–Trinajstić information content (AvgIpc) is 3.18. The van der Waals surface area contributed by atoms with Crippen LogP contribution in [0.1, 0.15) is 46.7 Å². The minimum Gasteiger partial charge on any atom is -0.387 e. The zero-order chi connectivity index (χ0) is 23.6. The van der Waals surface area contributed by atoms with Gasteiger partial charge in [-0.25, -0.2) is 17.6 Å². The van der Waals surface area contributed by atoms with E-state index < -0.39 is 46.9 Å². The molecule has 1 amide bonds. The first-order valence-corrected chi connectivity index (χ1v) is 10.1. The second-order valence-corrected chi connectivity index (χ2v) is 8.15. The number of hydrogen-bond donors (Lipinski definition) is 3. The van der Waals surface area contributed by atoms with Crippen molar-refractivity contribution in [2.75, 3.05) is 7.05 Å². The molecule has 2 atom stereocenters. The molecule has 0 saturated heterocycles. The van der Waals surface area contributed by atoms with Gasteiger partial charge in [0.05, 0.1) is 23.2 Å². The Bertz CT molecular complexity index is 1470. The Labute approximate surface area is 183 Å². The number of aromatic nitrogens is 2. The second-order valence-electron chi connectivity index (χ2n) is 8.15. The van der Waals surface area contributed by atoms with Crippen LogP contribution in [0.4, 0.5) is 17.6 Å². The van der Waals surface area contributed by atoms with Gasteiger partial charge in [0.25, 0.3) is 11.5 Å². The van der Waals surface area contributed by atoms with Crippen LogP contribution in [-0.2, 0) is 0 Å². The van der Waals surface area contributed by atoms with Crippen LogP contribution in [0.2, 0.25) is 0 Å². The molecule has 0 radical (unpaired) electrons. The molecule has 6 nitrogen and oxygen atoms in total. The first-order chi connectivity index (χ1) is 15.7. The van der Waals surface area contributed by atoms with Crippen molar-refractivity contribution in [3.8, 4) is 0 Å². The van der Waals surface area contributed by atoms with E-state index in [4.69, 9.17) is 0 Å². The lowest BCUT2D eigenvalue weighted by molar-refractivity contribution is 0.0657. The molecular formula is C23H17F4N3O3. The first-order valence-electron chi connectivity index (χ1n) is 10.1. The number of H-pyrrole nitrogens is 2. The number of hydrogen-bond acceptors (Lipinski definition) is 3. The summed E-state index contributed by atoms with van der Waals surface area (Å²) in [6.07, 6.45) is -0.562. The average molecular weight is 459 g/mol. The molecule has 4 aromatic rings. The SMILES string of the molecule is CN(C(=O)c1cc2cc(F)c(F)cc2[nH]1)[C@@H]1CC[C@@H](O)c2[nH]c(=O)c3cc(F)c(F)cc3c21. The molecule has 0 unspecified atom stereocenters. The highest BCUT2D eigenvalue weighted by atomic mass is 19.2. The van der Waals surface area contributed by atoms with E-state index in [-0.39, 0.29) is 40.5 Å². The maximum atomic E-state index is 14.1. The fourth-order valence-electron chi connectivity index (χ4n) is 4.55. The number of carbonyl (C=O) groups is 1. The summed E-state index contributed by atoms with van der Waals surface area (Å²) < 4.78 is 55.0. The van der Waals surface area contributed by atoms with Gasteiger partial charge < -0.3 is 20.0 Å². The molecular weight excluding hydrogens is 442 g/mol. The molecule has 0 bridgehead atoms. The van der Waals surface area contributed by atoms with E-state index in [2.05, 4.69) is 9.97 Å². The fraction of sp³-hybridized carbons (Fsp3) is 0.217. The summed E-state index contributed by atoms with van der Waals surface area (Å²) in [6.45, 7) is 0. The zero-order valence-corrected chi connectivity index (χ0v) is 17.2. The minimum absolute atomic E-state index is 0.0659. The first kappa shape index (κ1) is 21.2. The third kappa shape index (κ3) is 3.29. The van der Waals surface area contributed by atoms with E-state index in [1.807, 2.05) is 0 Å². The number of aliphatic hydroxyl groups excluding tert-OH is 1. The number of rotatable bonds is 2. The van der Waals surface area contributed by atoms with Crippen molar-refractivity contribution in [2.45, 2.75) is 25.0 Å². The van der Waals surface area contributed by atoms with Gasteiger partial charge in [0.1, 0.15) is 5.69 Å². The van der Waals surface area contributed by atoms with Crippen molar-refractivity contribution >= 4 is 27.6 Å². The van der Waals surface area contributed by atoms with Crippen LogP contribution in [0.25, 0.3) is 21.7 Å². The van der Waals surface area contributed by atoms with Crippen LogP contribution in [0.3, 0.4) is 0 Å². The van der Waals surface area contributed by atoms with Gasteiger partial charge in [-0.2, -0.15) is 0 Å². The number of fused-ring (bicyclic) bond motifs is 4. The molecule has 5 rings (SSSR count). The molecule has 10 heteroatoms. The lowest BCUT2D eigenvalue weighted by Crippen LogP contribution is -2.35. The number of halogens is 4. The second kappa shape index (κ2) is 7.45. The summed E-state index contributed by atoms with van der Waals surface area (Å²) in [5.41, 5.74) is 0.0612. The molecule has 1 aliphatic rings. The smallest absolute Gasteiger partial charge is 0.270 e. The van der Waals surface area contributed by atoms with Crippen molar-refractivity contribution in [2.24, 2.45) is 0 Å². The highest BCUT2D eigenvalue weighted by Crippen LogP contribution is 2.41. The Morgan fingerprint density at radius 1 is 0.939 bits per heavy atom. The molecule has 3 N–H and O–H groups in total. The number of carbonyl (C=O) groups excluding carboxylic acids is 1. The molecule has 33 heavy (non-hydrogen) atoms. The number of benzene rings is 2. The Balaban J connectivity index is 1.63. The summed E-state index contributed by atoms with van der Waals surface area (Å²) in [6, 6.07) is 4.28. The lowest BCUT2D eigenvalue weighted by atomic mass is 9.85. The highest BCUT2D eigenvalue weighted by Gasteiger charge is 2.34. The summed E-state index contributed by atoms with van der Waals surface area (Å²) >= 11 is 0. The Morgan fingerprint density at radius 3 is 2.30 bits per heavy atom. The number of pyridine rings is 1. The number of amides is 1. The molecule has 2 heterocycles. The fourth-order valence-corrected chi connectivity index (χ4v) is 4.55. The van der Waals surface area contributed by atoms with Crippen LogP contribution in [0.15, 0.2) is 35.1 Å². The third-order valence-corrected chi connectivity index (χ3v) is 6.19. The van der Waals surface area contributed by atoms with Gasteiger partial charge in [-0.1, -0.05) is 0 Å². The van der Waals surface area contributed by atoms with Crippen LogP contribution in [0, 0.1) is 23.3 Å². The van der Waals surface area contributed by atoms with Crippen molar-refractivity contribution in [3.05, 3.63) is 80.9 Å². The van der Waals surface area contributed by atoms with Gasteiger partial charge >= 0.3 is 0 Å². The number of aromatic amines is 2. The van der Waals surface area contributed by atoms with E-state index in [1.165, 1.54) is 18.0 Å². The molecule has 2 aromatic carbocycles. The maximum Gasteiger partial charge on any atom is 0.270 e. The van der Waals surface area contributed by atoms with E-state index in [0.717, 1.165) is 24.3 Å². The largest absolute Gasteiger partial charge is 0.387 e. The van der Waals surface area contributed by atoms with Gasteiger partial charge in [0, 0.05) is 29.6 Å². The summed E-state index contributed by atoms with van der Waals surface area (Å²) in [4.78, 5) is 32.3. The van der Waals surface area contributed by atoms with E-state index in [0.29, 0.717) is 10.9 Å². The van der Waals surface area contributed by atoms with E-state index in [9.17, 15) is 32.3 Å². The van der Waals surface area contributed by atoms with Crippen molar-refractivity contribution in [3.63, 3.8) is 0 Å². The topological polar surface area (TPSA) is 89.2 Å². The van der Waals surface area contributed by atoms with Gasteiger partial charge in [-0.3, -0.25) is 9.59 Å². The van der Waals surface area contributed by atoms with Gasteiger partial charge in [-0.15, -0.1) is 0 Å². The van der Waals surface area contributed by atoms with E-state index in [1.54, 1.807) is 0 Å². The number of aliphatic hydroxyl groups is 1. The van der Waals surface area contributed by atoms with Crippen LogP contribution < -0.4 is 5.56 Å². The summed E-state index contributed by atoms with van der Waals surface area (Å²) in [5.74, 6) is -4.99. The molecule has 0 saturated carbocycles. The quantitative estimate of drug-likeness (QED) is 0.393. The number of nitrogens with zero attached hydrogens (tertiary/aromatic N) is 1. The third-order valence-electron chi connectivity index (χ3n) is 6.19. The lowest BCUT2D eigenvalue weighted by Gasteiger charge is -2.35. The molecule has 0 spiro atoms. The van der Waals surface area contributed by atoms with Gasteiger partial charge in [0.15, 0.2) is 23.3 Å². The monoisotopic (exact) mass is 459 g/mol. The molecule has 170 valence electrons. The van der Waals surface area contributed by atoms with Crippen molar-refractivity contribution in [1.29, 1.82) is 0 Å². The summed E-state index contributed by atoms with van der Waals surface area (Å²) in [5, 5.41) is 10.7. The minimum atomic E-state index is -1.19. The maximum absolute atomic E-state index is 14.1. The summed E-state index contributed by atoms with van der Waals surface area (Å²) in [7, 11) is 1.48. The Kier molecular flexibility index (Phi) is 4.78. The Morgan fingerprint density at radius 2 is 1.58 bits per heavy atom. The predicted octanol–water partition coefficient (Wildman–Crippen LogP) is 4.21. The number of nitrogens with one attached hydrogen (secondary N) is 2. The van der Waals surface area contributed by atoms with Crippen LogP contribution >= 0.6 is 0 Å². The van der Waals surface area contributed by atoms with Crippen LogP contribution in [0.5, 0.6) is 0 Å². The van der Waals surface area contributed by atoms with E-state index >= 15 is 0 Å². The Hall–Kier alpha value is -3.66. The zero-order valence-electron chi connectivity index (χ0n) is 17.2. The highest BCUT2D eigenvalue weighted by molar-refractivity contribution is 5.98. The van der Waals surface area contributed by atoms with Crippen LogP contribution in [-0.4, -0.2) is 32.9 Å². The molecule has 0 fully saturated rings. The standard InChI is InChI=1S/C23H17F4N3O3/c1-30(23(33)17-5-9-4-12(24)15(27)8-16(9)28-17)18-2-3-19(31)21-20(18)10-6-13(25)14(26)7-11(10)22(32)29-21/h4-8,18-19,28,31H,2-3H2,1H3,(H,29,32)/t18-,19-/m1/s1. The van der Waals surface area contributed by atoms with Crippen molar-refractivity contribution < 1.29 is 27.5 Å². The predicted molar refractivity (Wildman–Crippen MR) is 112 cm³/mol. The van der Waals surface area contributed by atoms with Gasteiger partial charge in [-0.05, 0) is 42.5 Å². The normalized spacial score (nSPS) is 18.0. The molecule has 2 aromatic heterocycles.